The molecule has 1 aromatic carbocycles. The number of hydrogen-bond acceptors (Lipinski definition) is 4. The van der Waals surface area contributed by atoms with Crippen LogP contribution < -0.4 is 0 Å². The van der Waals surface area contributed by atoms with Crippen LogP contribution in [0.4, 0.5) is 0 Å². The van der Waals surface area contributed by atoms with Crippen LogP contribution in [-0.2, 0) is 17.3 Å². The third-order valence-electron chi connectivity index (χ3n) is 2.41. The number of aromatic nitrogens is 3. The molecule has 0 spiro atoms. The minimum absolute atomic E-state index is 0.161. The molecule has 0 amide bonds. The third-order valence-corrected chi connectivity index (χ3v) is 4.71. The summed E-state index contributed by atoms with van der Waals surface area (Å²) in [7, 11) is -1.41. The Labute approximate surface area is 126 Å². The first kappa shape index (κ1) is 15.0. The van der Waals surface area contributed by atoms with Crippen LogP contribution in [0.3, 0.4) is 0 Å². The molecule has 0 aliphatic heterocycles. The van der Waals surface area contributed by atoms with E-state index in [2.05, 4.69) is 10.3 Å². The number of carboxylic acid groups (broad SMARTS) is 1. The van der Waals surface area contributed by atoms with Crippen molar-refractivity contribution >= 4 is 40.0 Å². The van der Waals surface area contributed by atoms with Crippen molar-refractivity contribution in [3.05, 3.63) is 40.1 Å². The highest BCUT2D eigenvalue weighted by Crippen LogP contribution is 2.27. The van der Waals surface area contributed by atoms with Gasteiger partial charge in [-0.05, 0) is 12.1 Å². The number of carboxylic acids is 1. The topological polar surface area (TPSA) is 85.1 Å². The van der Waals surface area contributed by atoms with E-state index in [0.29, 0.717) is 14.9 Å². The number of halogens is 2. The van der Waals surface area contributed by atoms with Gasteiger partial charge in [-0.2, -0.15) is 0 Å². The van der Waals surface area contributed by atoms with Crippen LogP contribution in [0.25, 0.3) is 0 Å². The Morgan fingerprint density at radius 3 is 2.55 bits per heavy atom. The molecule has 1 aromatic heterocycles. The van der Waals surface area contributed by atoms with E-state index in [9.17, 15) is 9.00 Å². The molecule has 1 atom stereocenters. The molecule has 9 heteroatoms. The number of rotatable bonds is 5. The Hall–Kier alpha value is -1.44. The van der Waals surface area contributed by atoms with Crippen molar-refractivity contribution in [2.24, 2.45) is 0 Å². The maximum atomic E-state index is 12.2. The minimum atomic E-state index is -1.41. The van der Waals surface area contributed by atoms with E-state index in [0.717, 1.165) is 0 Å². The number of carbonyl (C=O) groups is 1. The van der Waals surface area contributed by atoms with Gasteiger partial charge >= 0.3 is 5.97 Å². The monoisotopic (exact) mass is 333 g/mol. The van der Waals surface area contributed by atoms with Crippen LogP contribution in [-0.4, -0.2) is 36.0 Å². The van der Waals surface area contributed by atoms with E-state index in [4.69, 9.17) is 28.3 Å². The lowest BCUT2D eigenvalue weighted by Gasteiger charge is -2.06. The summed E-state index contributed by atoms with van der Waals surface area (Å²) in [6.07, 6.45) is 1.27. The van der Waals surface area contributed by atoms with Gasteiger partial charge in [-0.25, -0.2) is 4.79 Å². The number of aryl methyl sites for hydroxylation is 1. The zero-order valence-electron chi connectivity index (χ0n) is 9.99. The first-order chi connectivity index (χ1) is 9.49. The van der Waals surface area contributed by atoms with Gasteiger partial charge in [0, 0.05) is 5.75 Å². The maximum Gasteiger partial charge on any atom is 0.358 e. The lowest BCUT2D eigenvalue weighted by atomic mass is 10.4. The van der Waals surface area contributed by atoms with E-state index in [-0.39, 0.29) is 18.0 Å². The van der Waals surface area contributed by atoms with E-state index in [1.165, 1.54) is 10.9 Å². The molecular formula is C11H9Cl2N3O3S. The predicted octanol–water partition coefficient (Wildman–Crippen LogP) is 2.09. The van der Waals surface area contributed by atoms with Crippen molar-refractivity contribution in [3.8, 4) is 0 Å². The number of aromatic carboxylic acids is 1. The van der Waals surface area contributed by atoms with Gasteiger partial charge in [-0.3, -0.25) is 8.89 Å². The molecule has 1 heterocycles. The van der Waals surface area contributed by atoms with Crippen molar-refractivity contribution in [3.63, 3.8) is 0 Å². The fourth-order valence-electron chi connectivity index (χ4n) is 1.48. The second-order valence-electron chi connectivity index (χ2n) is 3.77. The van der Waals surface area contributed by atoms with E-state index >= 15 is 0 Å². The zero-order chi connectivity index (χ0) is 14.7. The normalized spacial score (nSPS) is 12.3. The summed E-state index contributed by atoms with van der Waals surface area (Å²) in [5.41, 5.74) is -0.161. The summed E-state index contributed by atoms with van der Waals surface area (Å²) in [6, 6.07) is 4.89. The summed E-state index contributed by atoms with van der Waals surface area (Å²) in [6.45, 7) is 0.244. The fourth-order valence-corrected chi connectivity index (χ4v) is 3.53. The van der Waals surface area contributed by atoms with E-state index in [1.54, 1.807) is 18.2 Å². The van der Waals surface area contributed by atoms with Crippen molar-refractivity contribution in [2.75, 3.05) is 5.75 Å². The Kier molecular flexibility index (Phi) is 4.74. The first-order valence-corrected chi connectivity index (χ1v) is 7.52. The maximum absolute atomic E-state index is 12.2. The highest BCUT2D eigenvalue weighted by Gasteiger charge is 2.14. The van der Waals surface area contributed by atoms with E-state index in [1.807, 2.05) is 0 Å². The molecule has 2 aromatic rings. The number of benzene rings is 1. The Bertz CT molecular complexity index is 654. The zero-order valence-corrected chi connectivity index (χ0v) is 12.3. The van der Waals surface area contributed by atoms with Crippen LogP contribution in [0.1, 0.15) is 10.5 Å². The molecule has 1 N–H and O–H groups in total. The molecule has 0 aliphatic rings. The molecule has 0 radical (unpaired) electrons. The quantitative estimate of drug-likeness (QED) is 0.905. The molecule has 0 saturated heterocycles. The van der Waals surface area contributed by atoms with Crippen molar-refractivity contribution in [1.29, 1.82) is 0 Å². The van der Waals surface area contributed by atoms with Crippen LogP contribution >= 0.6 is 23.2 Å². The van der Waals surface area contributed by atoms with Crippen molar-refractivity contribution in [2.45, 2.75) is 11.4 Å². The molecule has 6 nitrogen and oxygen atoms in total. The van der Waals surface area contributed by atoms with Gasteiger partial charge in [0.25, 0.3) is 0 Å². The molecule has 0 saturated carbocycles. The molecule has 0 fully saturated rings. The van der Waals surface area contributed by atoms with Gasteiger partial charge in [-0.15, -0.1) is 5.10 Å². The number of nitrogens with zero attached hydrogens (tertiary/aromatic N) is 3. The highest BCUT2D eigenvalue weighted by molar-refractivity contribution is 7.85. The molecule has 2 rings (SSSR count). The standard InChI is InChI=1S/C11H9Cl2N3O3S/c12-7-2-1-3-8(13)10(7)20(19)5-4-16-6-9(11(17)18)14-15-16/h1-3,6H,4-5H2,(H,17,18). The lowest BCUT2D eigenvalue weighted by Crippen LogP contribution is -2.09. The van der Waals surface area contributed by atoms with Crippen molar-refractivity contribution < 1.29 is 14.1 Å². The summed E-state index contributed by atoms with van der Waals surface area (Å²) >= 11 is 11.9. The van der Waals surface area contributed by atoms with Crippen molar-refractivity contribution in [1.82, 2.24) is 15.0 Å². The molecule has 0 aliphatic carbocycles. The van der Waals surface area contributed by atoms with Gasteiger partial charge in [-0.1, -0.05) is 34.5 Å². The second kappa shape index (κ2) is 6.34. The summed E-state index contributed by atoms with van der Waals surface area (Å²) in [5.74, 6) is -0.960. The molecule has 106 valence electrons. The Balaban J connectivity index is 2.07. The predicted molar refractivity (Wildman–Crippen MR) is 74.7 cm³/mol. The van der Waals surface area contributed by atoms with Gasteiger partial charge < -0.3 is 5.11 Å². The van der Waals surface area contributed by atoms with Gasteiger partial charge in [0.2, 0.25) is 0 Å². The smallest absolute Gasteiger partial charge is 0.358 e. The van der Waals surface area contributed by atoms with Crippen LogP contribution in [0, 0.1) is 0 Å². The number of hydrogen-bond donors (Lipinski definition) is 1. The molecule has 0 bridgehead atoms. The van der Waals surface area contributed by atoms with Crippen LogP contribution in [0.15, 0.2) is 29.3 Å². The van der Waals surface area contributed by atoms with Crippen LogP contribution in [0.5, 0.6) is 0 Å². The fraction of sp³-hybridized carbons (Fsp3) is 0.182. The second-order valence-corrected chi connectivity index (χ2v) is 6.09. The molecule has 20 heavy (non-hydrogen) atoms. The first-order valence-electron chi connectivity index (χ1n) is 5.45. The largest absolute Gasteiger partial charge is 0.476 e. The summed E-state index contributed by atoms with van der Waals surface area (Å²) < 4.78 is 13.5. The van der Waals surface area contributed by atoms with Gasteiger partial charge in [0.05, 0.1) is 38.5 Å². The lowest BCUT2D eigenvalue weighted by molar-refractivity contribution is 0.0690. The minimum Gasteiger partial charge on any atom is -0.476 e. The SMILES string of the molecule is O=C(O)c1cn(CCS(=O)c2c(Cl)cccc2Cl)nn1. The van der Waals surface area contributed by atoms with Gasteiger partial charge in [0.1, 0.15) is 0 Å². The molecular weight excluding hydrogens is 325 g/mol. The summed E-state index contributed by atoms with van der Waals surface area (Å²) in [5, 5.41) is 16.5. The summed E-state index contributed by atoms with van der Waals surface area (Å²) in [4.78, 5) is 11.0. The average Bonchev–Trinajstić information content (AvgIpc) is 2.85. The Morgan fingerprint density at radius 1 is 1.35 bits per heavy atom. The average molecular weight is 334 g/mol. The Morgan fingerprint density at radius 2 is 2.00 bits per heavy atom. The third kappa shape index (κ3) is 3.36. The van der Waals surface area contributed by atoms with Crippen LogP contribution in [0.2, 0.25) is 10.0 Å². The van der Waals surface area contributed by atoms with E-state index < -0.39 is 16.8 Å². The van der Waals surface area contributed by atoms with Gasteiger partial charge in [0.15, 0.2) is 5.69 Å². The molecule has 1 unspecified atom stereocenters. The highest BCUT2D eigenvalue weighted by atomic mass is 35.5.